The van der Waals surface area contributed by atoms with Crippen LogP contribution in [0, 0.1) is 6.92 Å². The molecule has 0 rings (SSSR count). The predicted octanol–water partition coefficient (Wildman–Crippen LogP) is 1.83. The molecule has 1 unspecified atom stereocenters. The fourth-order valence-corrected chi connectivity index (χ4v) is 0.636. The average Bonchev–Trinajstić information content (AvgIpc) is 1.60. The average molecular weight is 272 g/mol. The second-order valence-electron chi connectivity index (χ2n) is 2.41. The largest absolute Gasteiger partial charge is 0.343 e. The van der Waals surface area contributed by atoms with E-state index < -0.39 is 4.32 Å². The maximum atomic E-state index is 11.0. The topological polar surface area (TPSA) is 29.1 Å². The van der Waals surface area contributed by atoms with Gasteiger partial charge in [-0.3, -0.25) is 4.79 Å². The third kappa shape index (κ3) is 4.28. The lowest BCUT2D eigenvalue weighted by atomic mass is 10.2. The molecule has 10 heavy (non-hydrogen) atoms. The van der Waals surface area contributed by atoms with Crippen molar-refractivity contribution in [3.05, 3.63) is 6.92 Å². The number of alkyl halides is 2. The number of hydrogen-bond donors (Lipinski definition) is 1. The van der Waals surface area contributed by atoms with Crippen molar-refractivity contribution in [3.8, 4) is 0 Å². The molecule has 2 nitrogen and oxygen atoms in total. The number of hydrogen-bond acceptors (Lipinski definition) is 1. The fourth-order valence-electron chi connectivity index (χ4n) is 0.314. The molecule has 0 fully saturated rings. The van der Waals surface area contributed by atoms with Gasteiger partial charge < -0.3 is 5.32 Å². The summed E-state index contributed by atoms with van der Waals surface area (Å²) >= 11 is 6.32. The van der Waals surface area contributed by atoms with Crippen LogP contribution in [0.1, 0.15) is 13.8 Å². The first kappa shape index (κ1) is 10.4. The maximum Gasteiger partial charge on any atom is 0.237 e. The molecule has 1 amide bonds. The summed E-state index contributed by atoms with van der Waals surface area (Å²) in [5.74, 6) is -0.0793. The van der Waals surface area contributed by atoms with Crippen molar-refractivity contribution in [2.24, 2.45) is 0 Å². The monoisotopic (exact) mass is 270 g/mol. The van der Waals surface area contributed by atoms with Gasteiger partial charge in [-0.15, -0.1) is 0 Å². The summed E-state index contributed by atoms with van der Waals surface area (Å²) in [5.41, 5.74) is 0. The Bertz CT molecular complexity index is 128. The Balaban J connectivity index is 3.87. The van der Waals surface area contributed by atoms with Gasteiger partial charge in [0.25, 0.3) is 0 Å². The van der Waals surface area contributed by atoms with Gasteiger partial charge in [-0.2, -0.15) is 0 Å². The molecule has 0 aliphatic carbocycles. The standard InChI is InChI=1S/C6H10Br2NO/c1-4(7)9-5(10)6(2,3)8/h4H,1H2,2-3H3,(H,9,10). The van der Waals surface area contributed by atoms with Crippen LogP contribution in [-0.2, 0) is 4.79 Å². The molecule has 0 aromatic rings. The van der Waals surface area contributed by atoms with E-state index in [2.05, 4.69) is 44.1 Å². The number of nitrogens with one attached hydrogen (secondary N) is 1. The Kier molecular flexibility index (Phi) is 3.88. The zero-order chi connectivity index (χ0) is 8.36. The molecule has 59 valence electrons. The van der Waals surface area contributed by atoms with E-state index in [-0.39, 0.29) is 10.9 Å². The molecule has 1 atom stereocenters. The minimum Gasteiger partial charge on any atom is -0.343 e. The highest BCUT2D eigenvalue weighted by Gasteiger charge is 2.23. The molecule has 0 bridgehead atoms. The number of amides is 1. The van der Waals surface area contributed by atoms with Gasteiger partial charge in [-0.25, -0.2) is 0 Å². The Morgan fingerprint density at radius 2 is 2.10 bits per heavy atom. The summed E-state index contributed by atoms with van der Waals surface area (Å²) in [6.07, 6.45) is 0. The molecule has 1 N–H and O–H groups in total. The third-order valence-corrected chi connectivity index (χ3v) is 1.42. The zero-order valence-corrected chi connectivity index (χ0v) is 9.12. The van der Waals surface area contributed by atoms with Crippen molar-refractivity contribution in [1.82, 2.24) is 5.32 Å². The van der Waals surface area contributed by atoms with Crippen molar-refractivity contribution in [3.63, 3.8) is 0 Å². The van der Waals surface area contributed by atoms with Crippen LogP contribution in [-0.4, -0.2) is 15.2 Å². The summed E-state index contributed by atoms with van der Waals surface area (Å²) < 4.78 is -0.517. The number of halogens is 2. The lowest BCUT2D eigenvalue weighted by molar-refractivity contribution is -0.122. The molecule has 0 saturated carbocycles. The number of carbonyl (C=O) groups excluding carboxylic acids is 1. The van der Waals surface area contributed by atoms with Gasteiger partial charge in [0, 0.05) is 0 Å². The van der Waals surface area contributed by atoms with E-state index in [4.69, 9.17) is 0 Å². The number of carbonyl (C=O) groups is 1. The van der Waals surface area contributed by atoms with Gasteiger partial charge in [0.2, 0.25) is 5.91 Å². The Morgan fingerprint density at radius 3 is 2.20 bits per heavy atom. The van der Waals surface area contributed by atoms with Gasteiger partial charge in [0.1, 0.15) is 0 Å². The summed E-state index contributed by atoms with van der Waals surface area (Å²) in [4.78, 5) is 10.8. The molecule has 0 aliphatic rings. The van der Waals surface area contributed by atoms with Crippen molar-refractivity contribution in [2.45, 2.75) is 23.1 Å². The van der Waals surface area contributed by atoms with Crippen LogP contribution in [0.15, 0.2) is 0 Å². The maximum absolute atomic E-state index is 11.0. The van der Waals surface area contributed by atoms with Gasteiger partial charge in [0.05, 0.1) is 9.28 Å². The second-order valence-corrected chi connectivity index (χ2v) is 5.50. The van der Waals surface area contributed by atoms with Crippen LogP contribution in [0.2, 0.25) is 0 Å². The summed E-state index contributed by atoms with van der Waals surface area (Å²) in [5, 5.41) is 2.60. The quantitative estimate of drug-likeness (QED) is 0.603. The van der Waals surface area contributed by atoms with Gasteiger partial charge in [-0.1, -0.05) is 31.9 Å². The van der Waals surface area contributed by atoms with Crippen molar-refractivity contribution >= 4 is 37.8 Å². The van der Waals surface area contributed by atoms with Crippen molar-refractivity contribution in [2.75, 3.05) is 0 Å². The molecule has 0 aromatic carbocycles. The van der Waals surface area contributed by atoms with Gasteiger partial charge >= 0.3 is 0 Å². The first-order valence-electron chi connectivity index (χ1n) is 2.81. The van der Waals surface area contributed by atoms with Gasteiger partial charge in [-0.05, 0) is 20.8 Å². The molecular weight excluding hydrogens is 262 g/mol. The minimum absolute atomic E-state index is 0.0793. The van der Waals surface area contributed by atoms with Crippen LogP contribution in [0.3, 0.4) is 0 Å². The highest BCUT2D eigenvalue weighted by atomic mass is 79.9. The van der Waals surface area contributed by atoms with Crippen LogP contribution < -0.4 is 5.32 Å². The SMILES string of the molecule is [CH2]C(Br)NC(=O)C(C)(C)Br. The van der Waals surface area contributed by atoms with E-state index >= 15 is 0 Å². The predicted molar refractivity (Wildman–Crippen MR) is 49.2 cm³/mol. The van der Waals surface area contributed by atoms with Crippen LogP contribution in [0.5, 0.6) is 0 Å². The third-order valence-electron chi connectivity index (χ3n) is 0.828. The molecule has 1 radical (unpaired) electrons. The first-order valence-corrected chi connectivity index (χ1v) is 4.52. The summed E-state index contributed by atoms with van der Waals surface area (Å²) in [6.45, 7) is 7.11. The number of rotatable bonds is 2. The van der Waals surface area contributed by atoms with Crippen LogP contribution >= 0.6 is 31.9 Å². The highest BCUT2D eigenvalue weighted by molar-refractivity contribution is 9.10. The minimum atomic E-state index is -0.517. The lowest BCUT2D eigenvalue weighted by Gasteiger charge is -2.16. The molecule has 0 aliphatic heterocycles. The summed E-state index contributed by atoms with van der Waals surface area (Å²) in [6, 6.07) is 0. The van der Waals surface area contributed by atoms with Crippen molar-refractivity contribution in [1.29, 1.82) is 0 Å². The Hall–Kier alpha value is 0.430. The normalized spacial score (nSPS) is 14.5. The molecule has 0 spiro atoms. The van der Waals surface area contributed by atoms with Crippen molar-refractivity contribution < 1.29 is 4.79 Å². The molecule has 0 aromatic heterocycles. The van der Waals surface area contributed by atoms with E-state index in [1.54, 1.807) is 13.8 Å². The first-order chi connectivity index (χ1) is 4.34. The zero-order valence-electron chi connectivity index (χ0n) is 5.95. The van der Waals surface area contributed by atoms with E-state index in [0.29, 0.717) is 0 Å². The van der Waals surface area contributed by atoms with E-state index in [1.165, 1.54) is 0 Å². The lowest BCUT2D eigenvalue weighted by Crippen LogP contribution is -2.40. The van der Waals surface area contributed by atoms with E-state index in [9.17, 15) is 4.79 Å². The Labute approximate surface area is 78.0 Å². The highest BCUT2D eigenvalue weighted by Crippen LogP contribution is 2.15. The van der Waals surface area contributed by atoms with Crippen LogP contribution in [0.4, 0.5) is 0 Å². The van der Waals surface area contributed by atoms with Crippen LogP contribution in [0.25, 0.3) is 0 Å². The fraction of sp³-hybridized carbons (Fsp3) is 0.667. The van der Waals surface area contributed by atoms with E-state index in [0.717, 1.165) is 0 Å². The van der Waals surface area contributed by atoms with E-state index in [1.807, 2.05) is 0 Å². The Morgan fingerprint density at radius 1 is 1.70 bits per heavy atom. The molecule has 0 saturated heterocycles. The summed E-state index contributed by atoms with van der Waals surface area (Å²) in [7, 11) is 0. The second kappa shape index (κ2) is 3.72. The molecule has 4 heteroatoms. The smallest absolute Gasteiger partial charge is 0.237 e. The molecule has 0 heterocycles. The van der Waals surface area contributed by atoms with Gasteiger partial charge in [0.15, 0.2) is 0 Å². The molecular formula is C6H10Br2NO.